The highest BCUT2D eigenvalue weighted by molar-refractivity contribution is 5.99. The number of benzene rings is 1. The molecule has 1 atom stereocenters. The number of carbonyl (C=O) groups excluding carboxylic acids is 2. The lowest BCUT2D eigenvalue weighted by Crippen LogP contribution is -2.27. The van der Waals surface area contributed by atoms with Gasteiger partial charge in [0, 0.05) is 6.42 Å². The van der Waals surface area contributed by atoms with Crippen LogP contribution in [0.4, 0.5) is 0 Å². The zero-order valence-electron chi connectivity index (χ0n) is 12.2. The van der Waals surface area contributed by atoms with E-state index < -0.39 is 11.9 Å². The summed E-state index contributed by atoms with van der Waals surface area (Å²) in [5.74, 6) is -1.11. The van der Waals surface area contributed by atoms with Crippen molar-refractivity contribution in [3.05, 3.63) is 34.9 Å². The first-order chi connectivity index (χ1) is 8.97. The van der Waals surface area contributed by atoms with E-state index in [0.717, 1.165) is 16.7 Å². The average Bonchev–Trinajstić information content (AvgIpc) is 2.28. The minimum absolute atomic E-state index is 0.0639. The normalized spacial score (nSPS) is 12.0. The van der Waals surface area contributed by atoms with Crippen LogP contribution < -0.4 is 0 Å². The highest BCUT2D eigenvalue weighted by atomic mass is 16.5. The number of Topliss-reactive ketones (excluding diaryl/α,β-unsaturated/α-hetero) is 1. The van der Waals surface area contributed by atoms with Crippen LogP contribution in [0.2, 0.25) is 0 Å². The van der Waals surface area contributed by atoms with Crippen molar-refractivity contribution >= 4 is 11.8 Å². The molecule has 0 saturated heterocycles. The largest absolute Gasteiger partial charge is 0.465 e. The van der Waals surface area contributed by atoms with Gasteiger partial charge in [0.2, 0.25) is 0 Å². The van der Waals surface area contributed by atoms with Crippen molar-refractivity contribution < 1.29 is 14.3 Å². The van der Waals surface area contributed by atoms with Crippen molar-refractivity contribution in [2.24, 2.45) is 5.92 Å². The third-order valence-electron chi connectivity index (χ3n) is 3.03. The van der Waals surface area contributed by atoms with Gasteiger partial charge in [-0.1, -0.05) is 36.2 Å². The summed E-state index contributed by atoms with van der Waals surface area (Å²) in [6.07, 6.45) is 0.780. The van der Waals surface area contributed by atoms with Gasteiger partial charge in [0.05, 0.1) is 6.61 Å². The molecule has 1 rings (SSSR count). The molecule has 0 aliphatic carbocycles. The first kappa shape index (κ1) is 15.4. The third-order valence-corrected chi connectivity index (χ3v) is 3.03. The molecular weight excluding hydrogens is 240 g/mol. The smallest absolute Gasteiger partial charge is 0.316 e. The summed E-state index contributed by atoms with van der Waals surface area (Å²) < 4.78 is 4.94. The predicted molar refractivity (Wildman–Crippen MR) is 75.0 cm³/mol. The van der Waals surface area contributed by atoms with Crippen LogP contribution in [0.25, 0.3) is 0 Å². The Kier molecular flexibility index (Phi) is 5.74. The third kappa shape index (κ3) is 4.51. The topological polar surface area (TPSA) is 43.4 Å². The van der Waals surface area contributed by atoms with Crippen LogP contribution in [0.5, 0.6) is 0 Å². The van der Waals surface area contributed by atoms with Crippen LogP contribution in [0.3, 0.4) is 0 Å². The number of ketones is 1. The van der Waals surface area contributed by atoms with E-state index in [1.54, 1.807) is 6.92 Å². The number of rotatable bonds is 6. The van der Waals surface area contributed by atoms with E-state index in [-0.39, 0.29) is 5.78 Å². The summed E-state index contributed by atoms with van der Waals surface area (Å²) in [6, 6.07) is 6.04. The van der Waals surface area contributed by atoms with Gasteiger partial charge in [-0.15, -0.1) is 0 Å². The van der Waals surface area contributed by atoms with Gasteiger partial charge in [-0.25, -0.2) is 0 Å². The van der Waals surface area contributed by atoms with Gasteiger partial charge in [0.15, 0.2) is 5.78 Å². The number of esters is 1. The molecular formula is C16H22O3. The molecule has 0 radical (unpaired) electrons. The fourth-order valence-corrected chi connectivity index (χ4v) is 2.26. The van der Waals surface area contributed by atoms with Gasteiger partial charge in [0.1, 0.15) is 5.92 Å². The maximum absolute atomic E-state index is 12.2. The Hall–Kier alpha value is -1.64. The zero-order valence-corrected chi connectivity index (χ0v) is 12.2. The van der Waals surface area contributed by atoms with Gasteiger partial charge >= 0.3 is 5.97 Å². The molecule has 0 saturated carbocycles. The standard InChI is InChI=1S/C16H22O3/c1-5-14(16(18)19-6-2)15(17)10-13-8-11(3)7-12(4)9-13/h7-9,14H,5-6,10H2,1-4H3/t14-/m0/s1. The van der Waals surface area contributed by atoms with E-state index in [2.05, 4.69) is 6.07 Å². The molecule has 3 nitrogen and oxygen atoms in total. The fourth-order valence-electron chi connectivity index (χ4n) is 2.26. The van der Waals surface area contributed by atoms with E-state index in [4.69, 9.17) is 4.74 Å². The number of ether oxygens (including phenoxy) is 1. The molecule has 0 spiro atoms. The van der Waals surface area contributed by atoms with Crippen molar-refractivity contribution in [3.8, 4) is 0 Å². The highest BCUT2D eigenvalue weighted by Gasteiger charge is 2.25. The van der Waals surface area contributed by atoms with E-state index in [1.807, 2.05) is 32.9 Å². The molecule has 0 N–H and O–H groups in total. The van der Waals surface area contributed by atoms with E-state index in [0.29, 0.717) is 19.4 Å². The van der Waals surface area contributed by atoms with Gasteiger partial charge < -0.3 is 4.74 Å². The maximum Gasteiger partial charge on any atom is 0.316 e. The average molecular weight is 262 g/mol. The summed E-state index contributed by atoms with van der Waals surface area (Å²) in [4.78, 5) is 23.9. The van der Waals surface area contributed by atoms with E-state index in [1.165, 1.54) is 0 Å². The molecule has 19 heavy (non-hydrogen) atoms. The Morgan fingerprint density at radius 3 is 2.16 bits per heavy atom. The molecule has 1 aromatic carbocycles. The van der Waals surface area contributed by atoms with Crippen molar-refractivity contribution in [3.63, 3.8) is 0 Å². The van der Waals surface area contributed by atoms with E-state index in [9.17, 15) is 9.59 Å². The number of hydrogen-bond donors (Lipinski definition) is 0. The highest BCUT2D eigenvalue weighted by Crippen LogP contribution is 2.14. The second-order valence-corrected chi connectivity index (χ2v) is 4.85. The van der Waals surface area contributed by atoms with Crippen LogP contribution >= 0.6 is 0 Å². The molecule has 0 aliphatic heterocycles. The summed E-state index contributed by atoms with van der Waals surface area (Å²) >= 11 is 0. The summed E-state index contributed by atoms with van der Waals surface area (Å²) in [5, 5.41) is 0. The molecule has 104 valence electrons. The number of carbonyl (C=O) groups is 2. The molecule has 1 aromatic rings. The number of aryl methyl sites for hydroxylation is 2. The van der Waals surface area contributed by atoms with Crippen molar-refractivity contribution in [2.75, 3.05) is 6.61 Å². The zero-order chi connectivity index (χ0) is 14.4. The van der Waals surface area contributed by atoms with E-state index >= 15 is 0 Å². The quantitative estimate of drug-likeness (QED) is 0.584. The Balaban J connectivity index is 2.79. The minimum atomic E-state index is -0.638. The second kappa shape index (κ2) is 7.07. The Morgan fingerprint density at radius 2 is 1.68 bits per heavy atom. The van der Waals surface area contributed by atoms with Gasteiger partial charge in [-0.05, 0) is 32.8 Å². The van der Waals surface area contributed by atoms with Gasteiger partial charge in [-0.3, -0.25) is 9.59 Å². The second-order valence-electron chi connectivity index (χ2n) is 4.85. The molecule has 0 unspecified atom stereocenters. The lowest BCUT2D eigenvalue weighted by atomic mass is 9.94. The Morgan fingerprint density at radius 1 is 1.11 bits per heavy atom. The Bertz CT molecular complexity index is 443. The summed E-state index contributed by atoms with van der Waals surface area (Å²) in [7, 11) is 0. The van der Waals surface area contributed by atoms with Crippen LogP contribution in [0, 0.1) is 19.8 Å². The summed E-state index contributed by atoms with van der Waals surface area (Å²) in [5.41, 5.74) is 3.23. The molecule has 3 heteroatoms. The molecule has 0 aliphatic rings. The van der Waals surface area contributed by atoms with Crippen LogP contribution in [-0.4, -0.2) is 18.4 Å². The van der Waals surface area contributed by atoms with Crippen molar-refractivity contribution in [1.82, 2.24) is 0 Å². The first-order valence-electron chi connectivity index (χ1n) is 6.74. The molecule has 0 amide bonds. The number of hydrogen-bond acceptors (Lipinski definition) is 3. The van der Waals surface area contributed by atoms with Crippen molar-refractivity contribution in [1.29, 1.82) is 0 Å². The maximum atomic E-state index is 12.2. The SMILES string of the molecule is CCOC(=O)[C@@H](CC)C(=O)Cc1cc(C)cc(C)c1. The van der Waals surface area contributed by atoms with Crippen LogP contribution in [0.15, 0.2) is 18.2 Å². The lowest BCUT2D eigenvalue weighted by molar-refractivity contribution is -0.151. The molecule has 0 fully saturated rings. The van der Waals surface area contributed by atoms with Gasteiger partial charge in [-0.2, -0.15) is 0 Å². The monoisotopic (exact) mass is 262 g/mol. The predicted octanol–water partition coefficient (Wildman–Crippen LogP) is 3.00. The molecule has 0 aromatic heterocycles. The Labute approximate surface area is 115 Å². The molecule has 0 bridgehead atoms. The minimum Gasteiger partial charge on any atom is -0.465 e. The molecule has 0 heterocycles. The van der Waals surface area contributed by atoms with Crippen LogP contribution in [0.1, 0.15) is 37.0 Å². The van der Waals surface area contributed by atoms with Gasteiger partial charge in [0.25, 0.3) is 0 Å². The van der Waals surface area contributed by atoms with Crippen molar-refractivity contribution in [2.45, 2.75) is 40.5 Å². The van der Waals surface area contributed by atoms with Crippen LogP contribution in [-0.2, 0) is 20.7 Å². The fraction of sp³-hybridized carbons (Fsp3) is 0.500. The first-order valence-corrected chi connectivity index (χ1v) is 6.74. The lowest BCUT2D eigenvalue weighted by Gasteiger charge is -2.13. The summed E-state index contributed by atoms with van der Waals surface area (Å²) in [6.45, 7) is 7.90.